The number of aryl methyl sites for hydroxylation is 1. The molecule has 0 aromatic heterocycles. The first kappa shape index (κ1) is 19.5. The number of amides is 2. The van der Waals surface area contributed by atoms with Crippen LogP contribution in [-0.4, -0.2) is 31.4 Å². The molecular formula is C24H29N3O2. The number of hydrogen-bond acceptors (Lipinski definition) is 3. The molecule has 2 amide bonds. The summed E-state index contributed by atoms with van der Waals surface area (Å²) >= 11 is 0. The minimum absolute atomic E-state index is 0.0441. The lowest BCUT2D eigenvalue weighted by atomic mass is 10.2. The predicted octanol–water partition coefficient (Wildman–Crippen LogP) is 4.22. The second-order valence-corrected chi connectivity index (χ2v) is 8.10. The van der Waals surface area contributed by atoms with Gasteiger partial charge in [0.2, 0.25) is 11.8 Å². The molecule has 5 nitrogen and oxygen atoms in total. The van der Waals surface area contributed by atoms with Gasteiger partial charge < -0.3 is 15.1 Å². The van der Waals surface area contributed by atoms with E-state index < -0.39 is 0 Å². The Kier molecular flexibility index (Phi) is 5.56. The maximum Gasteiger partial charge on any atom is 0.230 e. The van der Waals surface area contributed by atoms with Gasteiger partial charge in [-0.25, -0.2) is 0 Å². The molecule has 1 saturated carbocycles. The van der Waals surface area contributed by atoms with Crippen molar-refractivity contribution in [3.05, 3.63) is 54.1 Å². The predicted molar refractivity (Wildman–Crippen MR) is 117 cm³/mol. The summed E-state index contributed by atoms with van der Waals surface area (Å²) in [6.07, 6.45) is 3.11. The third-order valence-electron chi connectivity index (χ3n) is 5.95. The average molecular weight is 392 g/mol. The van der Waals surface area contributed by atoms with Crippen LogP contribution in [0.15, 0.2) is 48.5 Å². The van der Waals surface area contributed by atoms with Gasteiger partial charge in [0.1, 0.15) is 0 Å². The van der Waals surface area contributed by atoms with Gasteiger partial charge in [-0.15, -0.1) is 0 Å². The zero-order valence-electron chi connectivity index (χ0n) is 17.2. The molecule has 0 radical (unpaired) electrons. The van der Waals surface area contributed by atoms with Gasteiger partial charge in [0, 0.05) is 36.7 Å². The van der Waals surface area contributed by atoms with Crippen molar-refractivity contribution in [1.82, 2.24) is 0 Å². The Bertz CT molecular complexity index is 887. The molecule has 1 aliphatic carbocycles. The third kappa shape index (κ3) is 4.29. The van der Waals surface area contributed by atoms with Gasteiger partial charge in [0.25, 0.3) is 0 Å². The molecule has 0 spiro atoms. The van der Waals surface area contributed by atoms with Crippen molar-refractivity contribution >= 4 is 28.9 Å². The van der Waals surface area contributed by atoms with E-state index in [-0.39, 0.29) is 23.7 Å². The monoisotopic (exact) mass is 391 g/mol. The maximum absolute atomic E-state index is 12.9. The summed E-state index contributed by atoms with van der Waals surface area (Å²) in [4.78, 5) is 29.7. The summed E-state index contributed by atoms with van der Waals surface area (Å²) in [5.74, 6) is -0.473. The quantitative estimate of drug-likeness (QED) is 0.802. The number of hydrogen-bond donors (Lipinski definition) is 1. The van der Waals surface area contributed by atoms with E-state index in [1.54, 1.807) is 4.90 Å². The second-order valence-electron chi connectivity index (χ2n) is 8.10. The largest absolute Gasteiger partial charge is 0.372 e. The van der Waals surface area contributed by atoms with Gasteiger partial charge in [-0.1, -0.05) is 12.1 Å². The molecule has 2 aromatic rings. The normalized spacial score (nSPS) is 20.4. The summed E-state index contributed by atoms with van der Waals surface area (Å²) in [5, 5.41) is 2.98. The Morgan fingerprint density at radius 2 is 1.79 bits per heavy atom. The standard InChI is InChI=1S/C24H29N3O2/c1-3-27(20-8-6-7-17(2)15-20)24(29)22-16-21(22)23(28)25-18-9-11-19(12-10-18)26-13-4-5-14-26/h6-12,15,21-22H,3-5,13-14,16H2,1-2H3,(H,25,28). The Balaban J connectivity index is 1.35. The fraction of sp³-hybridized carbons (Fsp3) is 0.417. The van der Waals surface area contributed by atoms with Gasteiger partial charge in [0.05, 0.1) is 11.8 Å². The van der Waals surface area contributed by atoms with Crippen molar-refractivity contribution in [2.75, 3.05) is 34.8 Å². The van der Waals surface area contributed by atoms with E-state index in [0.29, 0.717) is 13.0 Å². The highest BCUT2D eigenvalue weighted by molar-refractivity contribution is 6.04. The summed E-state index contributed by atoms with van der Waals surface area (Å²) < 4.78 is 0. The van der Waals surface area contributed by atoms with Crippen LogP contribution < -0.4 is 15.1 Å². The number of carbonyl (C=O) groups excluding carboxylic acids is 2. The van der Waals surface area contributed by atoms with E-state index in [4.69, 9.17) is 0 Å². The van der Waals surface area contributed by atoms with Crippen molar-refractivity contribution in [1.29, 1.82) is 0 Å². The van der Waals surface area contributed by atoms with Crippen LogP contribution in [0, 0.1) is 18.8 Å². The van der Waals surface area contributed by atoms with Gasteiger partial charge in [-0.2, -0.15) is 0 Å². The summed E-state index contributed by atoms with van der Waals surface area (Å²) in [7, 11) is 0. The summed E-state index contributed by atoms with van der Waals surface area (Å²) in [5.41, 5.74) is 4.02. The van der Waals surface area contributed by atoms with Gasteiger partial charge in [-0.05, 0) is 75.1 Å². The third-order valence-corrected chi connectivity index (χ3v) is 5.95. The molecule has 2 fully saturated rings. The van der Waals surface area contributed by atoms with Crippen LogP contribution in [0.4, 0.5) is 17.1 Å². The highest BCUT2D eigenvalue weighted by Gasteiger charge is 2.49. The highest BCUT2D eigenvalue weighted by Crippen LogP contribution is 2.41. The number of benzene rings is 2. The van der Waals surface area contributed by atoms with Crippen molar-refractivity contribution in [2.24, 2.45) is 11.8 Å². The lowest BCUT2D eigenvalue weighted by Crippen LogP contribution is -2.33. The van der Waals surface area contributed by atoms with Crippen LogP contribution in [0.5, 0.6) is 0 Å². The molecule has 1 heterocycles. The van der Waals surface area contributed by atoms with E-state index in [1.807, 2.05) is 50.2 Å². The van der Waals surface area contributed by atoms with Crippen LogP contribution >= 0.6 is 0 Å². The van der Waals surface area contributed by atoms with E-state index >= 15 is 0 Å². The number of nitrogens with zero attached hydrogens (tertiary/aromatic N) is 2. The maximum atomic E-state index is 12.9. The average Bonchev–Trinajstić information content (AvgIpc) is 3.35. The van der Waals surface area contributed by atoms with Crippen molar-refractivity contribution in [3.63, 3.8) is 0 Å². The van der Waals surface area contributed by atoms with Gasteiger partial charge in [0.15, 0.2) is 0 Å². The highest BCUT2D eigenvalue weighted by atomic mass is 16.2. The Labute approximate surface area is 172 Å². The molecule has 2 atom stereocenters. The van der Waals surface area contributed by atoms with Crippen LogP contribution in [0.1, 0.15) is 31.7 Å². The van der Waals surface area contributed by atoms with E-state index in [2.05, 4.69) is 22.3 Å². The molecule has 1 aliphatic heterocycles. The van der Waals surface area contributed by atoms with E-state index in [1.165, 1.54) is 18.5 Å². The number of anilines is 3. The molecule has 2 unspecified atom stereocenters. The molecule has 2 aromatic carbocycles. The van der Waals surface area contributed by atoms with Gasteiger partial charge in [-0.3, -0.25) is 9.59 Å². The molecule has 0 bridgehead atoms. The minimum Gasteiger partial charge on any atom is -0.372 e. The molecule has 1 saturated heterocycles. The number of rotatable bonds is 6. The fourth-order valence-corrected chi connectivity index (χ4v) is 4.19. The molecule has 2 aliphatic rings. The SMILES string of the molecule is CCN(C(=O)C1CC1C(=O)Nc1ccc(N2CCCC2)cc1)c1cccc(C)c1. The van der Waals surface area contributed by atoms with E-state index in [9.17, 15) is 9.59 Å². The molecule has 1 N–H and O–H groups in total. The van der Waals surface area contributed by atoms with Crippen molar-refractivity contribution in [2.45, 2.75) is 33.1 Å². The van der Waals surface area contributed by atoms with Crippen molar-refractivity contribution < 1.29 is 9.59 Å². The van der Waals surface area contributed by atoms with Crippen LogP contribution in [0.3, 0.4) is 0 Å². The molecular weight excluding hydrogens is 362 g/mol. The molecule has 4 rings (SSSR count). The van der Waals surface area contributed by atoms with Crippen LogP contribution in [0.2, 0.25) is 0 Å². The Morgan fingerprint density at radius 1 is 1.07 bits per heavy atom. The first-order valence-electron chi connectivity index (χ1n) is 10.6. The van der Waals surface area contributed by atoms with Crippen LogP contribution in [0.25, 0.3) is 0 Å². The van der Waals surface area contributed by atoms with Crippen LogP contribution in [-0.2, 0) is 9.59 Å². The minimum atomic E-state index is -0.236. The topological polar surface area (TPSA) is 52.7 Å². The van der Waals surface area contributed by atoms with Gasteiger partial charge >= 0.3 is 0 Å². The first-order chi connectivity index (χ1) is 14.1. The molecule has 152 valence electrons. The fourth-order valence-electron chi connectivity index (χ4n) is 4.19. The second kappa shape index (κ2) is 8.27. The number of carbonyl (C=O) groups is 2. The lowest BCUT2D eigenvalue weighted by Gasteiger charge is -2.21. The molecule has 5 heteroatoms. The lowest BCUT2D eigenvalue weighted by molar-refractivity contribution is -0.123. The Hall–Kier alpha value is -2.82. The summed E-state index contributed by atoms with van der Waals surface area (Å²) in [6, 6.07) is 16.0. The van der Waals surface area contributed by atoms with Crippen molar-refractivity contribution in [3.8, 4) is 0 Å². The number of nitrogens with one attached hydrogen (secondary N) is 1. The molecule has 29 heavy (non-hydrogen) atoms. The first-order valence-corrected chi connectivity index (χ1v) is 10.6. The zero-order chi connectivity index (χ0) is 20.4. The summed E-state index contributed by atoms with van der Waals surface area (Å²) in [6.45, 7) is 6.80. The zero-order valence-corrected chi connectivity index (χ0v) is 17.2. The Morgan fingerprint density at radius 3 is 2.45 bits per heavy atom. The smallest absolute Gasteiger partial charge is 0.230 e. The van der Waals surface area contributed by atoms with E-state index in [0.717, 1.165) is 30.0 Å².